The molecule has 0 radical (unpaired) electrons. The second-order valence-electron chi connectivity index (χ2n) is 6.05. The van der Waals surface area contributed by atoms with E-state index >= 15 is 0 Å². The first-order chi connectivity index (χ1) is 11.0. The Balaban J connectivity index is 1.95. The van der Waals surface area contributed by atoms with Crippen LogP contribution in [0.5, 0.6) is 0 Å². The molecule has 1 aliphatic rings. The van der Waals surface area contributed by atoms with Crippen LogP contribution < -0.4 is 5.32 Å². The Labute approximate surface area is 137 Å². The van der Waals surface area contributed by atoms with Crippen molar-refractivity contribution in [3.8, 4) is 0 Å². The summed E-state index contributed by atoms with van der Waals surface area (Å²) in [4.78, 5) is 32.7. The van der Waals surface area contributed by atoms with Gasteiger partial charge in [0.25, 0.3) is 0 Å². The molecule has 1 N–H and O–H groups in total. The van der Waals surface area contributed by atoms with E-state index in [1.54, 1.807) is 13.2 Å². The van der Waals surface area contributed by atoms with E-state index in [1.807, 2.05) is 22.7 Å². The number of nitrogens with one attached hydrogen (secondary N) is 1. The lowest BCUT2D eigenvalue weighted by atomic mass is 10.1. The molecule has 128 valence electrons. The highest BCUT2D eigenvalue weighted by Gasteiger charge is 2.28. The fourth-order valence-corrected chi connectivity index (χ4v) is 3.00. The number of amides is 2. The topological polar surface area (TPSA) is 70.5 Å². The fourth-order valence-electron chi connectivity index (χ4n) is 3.00. The SMILES string of the molecule is CCc1nccn1CCC(=O)N1CCN(C)C[C@H](C(=O)NC)C1. The molecule has 0 aromatic carbocycles. The number of likely N-dealkylation sites (N-methyl/N-ethyl adjacent to an activating group) is 1. The van der Waals surface area contributed by atoms with Gasteiger partial charge in [-0.2, -0.15) is 0 Å². The lowest BCUT2D eigenvalue weighted by Gasteiger charge is -2.23. The van der Waals surface area contributed by atoms with Gasteiger partial charge in [0.1, 0.15) is 5.82 Å². The number of hydrogen-bond donors (Lipinski definition) is 1. The van der Waals surface area contributed by atoms with Gasteiger partial charge in [-0.25, -0.2) is 4.98 Å². The molecule has 1 aliphatic heterocycles. The number of carbonyl (C=O) groups is 2. The van der Waals surface area contributed by atoms with Gasteiger partial charge in [0.2, 0.25) is 11.8 Å². The first-order valence-corrected chi connectivity index (χ1v) is 8.23. The average Bonchev–Trinajstić information content (AvgIpc) is 2.92. The molecule has 0 saturated carbocycles. The molecule has 7 nitrogen and oxygen atoms in total. The van der Waals surface area contributed by atoms with Gasteiger partial charge in [-0.3, -0.25) is 9.59 Å². The van der Waals surface area contributed by atoms with Crippen LogP contribution in [0.4, 0.5) is 0 Å². The summed E-state index contributed by atoms with van der Waals surface area (Å²) < 4.78 is 2.03. The lowest BCUT2D eigenvalue weighted by molar-refractivity contribution is -0.133. The van der Waals surface area contributed by atoms with E-state index in [-0.39, 0.29) is 17.7 Å². The number of aromatic nitrogens is 2. The summed E-state index contributed by atoms with van der Waals surface area (Å²) in [7, 11) is 3.63. The normalized spacial score (nSPS) is 19.4. The van der Waals surface area contributed by atoms with E-state index in [0.29, 0.717) is 32.6 Å². The molecule has 0 aliphatic carbocycles. The Morgan fingerprint density at radius 1 is 1.35 bits per heavy atom. The molecule has 1 saturated heterocycles. The van der Waals surface area contributed by atoms with Gasteiger partial charge in [0.15, 0.2) is 0 Å². The zero-order valence-electron chi connectivity index (χ0n) is 14.3. The van der Waals surface area contributed by atoms with Gasteiger partial charge in [-0.15, -0.1) is 0 Å². The molecule has 0 bridgehead atoms. The van der Waals surface area contributed by atoms with Crippen molar-refractivity contribution in [3.05, 3.63) is 18.2 Å². The number of carbonyl (C=O) groups excluding carboxylic acids is 2. The summed E-state index contributed by atoms with van der Waals surface area (Å²) >= 11 is 0. The number of nitrogens with zero attached hydrogens (tertiary/aromatic N) is 4. The molecule has 1 aromatic heterocycles. The number of rotatable bonds is 5. The molecular formula is C16H27N5O2. The van der Waals surface area contributed by atoms with Crippen molar-refractivity contribution in [2.45, 2.75) is 26.3 Å². The summed E-state index contributed by atoms with van der Waals surface area (Å²) in [6.45, 7) is 5.34. The van der Waals surface area contributed by atoms with Crippen LogP contribution in [0.2, 0.25) is 0 Å². The van der Waals surface area contributed by atoms with E-state index in [1.165, 1.54) is 0 Å². The van der Waals surface area contributed by atoms with Crippen LogP contribution in [0.15, 0.2) is 12.4 Å². The summed E-state index contributed by atoms with van der Waals surface area (Å²) in [5.74, 6) is 0.928. The number of imidazole rings is 1. The molecule has 1 aromatic rings. The van der Waals surface area contributed by atoms with Gasteiger partial charge < -0.3 is 19.7 Å². The maximum atomic E-state index is 12.6. The number of hydrogen-bond acceptors (Lipinski definition) is 4. The highest BCUT2D eigenvalue weighted by Crippen LogP contribution is 2.11. The Kier molecular flexibility index (Phi) is 6.15. The quantitative estimate of drug-likeness (QED) is 0.827. The Bertz CT molecular complexity index is 542. The Hall–Kier alpha value is -1.89. The predicted molar refractivity (Wildman–Crippen MR) is 87.9 cm³/mol. The third-order valence-corrected chi connectivity index (χ3v) is 4.38. The lowest BCUT2D eigenvalue weighted by Crippen LogP contribution is -2.41. The standard InChI is InChI=1S/C16H27N5O2/c1-4-14-18-6-8-20(14)7-5-15(22)21-10-9-19(3)11-13(12-21)16(23)17-2/h6,8,13H,4-5,7,9-12H2,1-3H3,(H,17,23)/t13-/m0/s1. The van der Waals surface area contributed by atoms with E-state index in [9.17, 15) is 9.59 Å². The molecule has 0 spiro atoms. The molecule has 23 heavy (non-hydrogen) atoms. The molecule has 0 unspecified atom stereocenters. The predicted octanol–water partition coefficient (Wildman–Crippen LogP) is -0.0282. The van der Waals surface area contributed by atoms with Crippen molar-refractivity contribution in [1.29, 1.82) is 0 Å². The van der Waals surface area contributed by atoms with Crippen LogP contribution in [0.3, 0.4) is 0 Å². The second-order valence-corrected chi connectivity index (χ2v) is 6.05. The molecule has 2 amide bonds. The molecule has 1 atom stereocenters. The van der Waals surface area contributed by atoms with E-state index in [4.69, 9.17) is 0 Å². The zero-order valence-corrected chi connectivity index (χ0v) is 14.3. The maximum absolute atomic E-state index is 12.6. The first-order valence-electron chi connectivity index (χ1n) is 8.23. The second kappa shape index (κ2) is 8.10. The summed E-state index contributed by atoms with van der Waals surface area (Å²) in [5.41, 5.74) is 0. The minimum Gasteiger partial charge on any atom is -0.359 e. The van der Waals surface area contributed by atoms with Crippen molar-refractivity contribution >= 4 is 11.8 Å². The van der Waals surface area contributed by atoms with Crippen molar-refractivity contribution in [1.82, 2.24) is 24.7 Å². The van der Waals surface area contributed by atoms with Crippen LogP contribution >= 0.6 is 0 Å². The average molecular weight is 321 g/mol. The fraction of sp³-hybridized carbons (Fsp3) is 0.688. The van der Waals surface area contributed by atoms with E-state index in [0.717, 1.165) is 18.8 Å². The van der Waals surface area contributed by atoms with Crippen LogP contribution in [0.1, 0.15) is 19.2 Å². The van der Waals surface area contributed by atoms with Gasteiger partial charge in [-0.1, -0.05) is 6.92 Å². The summed E-state index contributed by atoms with van der Waals surface area (Å²) in [5, 5.41) is 2.70. The third-order valence-electron chi connectivity index (χ3n) is 4.38. The Morgan fingerprint density at radius 3 is 2.83 bits per heavy atom. The first kappa shape index (κ1) is 17.5. The molecule has 1 fully saturated rings. The summed E-state index contributed by atoms with van der Waals surface area (Å²) in [6.07, 6.45) is 4.98. The monoisotopic (exact) mass is 321 g/mol. The van der Waals surface area contributed by atoms with Gasteiger partial charge in [-0.05, 0) is 7.05 Å². The van der Waals surface area contributed by atoms with Crippen molar-refractivity contribution in [2.75, 3.05) is 40.3 Å². The number of aryl methyl sites for hydroxylation is 2. The molecular weight excluding hydrogens is 294 g/mol. The van der Waals surface area contributed by atoms with Crippen molar-refractivity contribution in [2.24, 2.45) is 5.92 Å². The van der Waals surface area contributed by atoms with Crippen LogP contribution in [0.25, 0.3) is 0 Å². The third kappa shape index (κ3) is 4.54. The summed E-state index contributed by atoms with van der Waals surface area (Å²) in [6, 6.07) is 0. The minimum absolute atomic E-state index is 0.000529. The van der Waals surface area contributed by atoms with Crippen LogP contribution in [-0.4, -0.2) is 71.4 Å². The van der Waals surface area contributed by atoms with Crippen LogP contribution in [0, 0.1) is 5.92 Å². The molecule has 2 heterocycles. The smallest absolute Gasteiger partial charge is 0.225 e. The van der Waals surface area contributed by atoms with Crippen molar-refractivity contribution < 1.29 is 9.59 Å². The minimum atomic E-state index is -0.170. The largest absolute Gasteiger partial charge is 0.359 e. The van der Waals surface area contributed by atoms with Gasteiger partial charge >= 0.3 is 0 Å². The van der Waals surface area contributed by atoms with Crippen molar-refractivity contribution in [3.63, 3.8) is 0 Å². The van der Waals surface area contributed by atoms with E-state index in [2.05, 4.69) is 22.1 Å². The zero-order chi connectivity index (χ0) is 16.8. The molecule has 7 heteroatoms. The molecule has 2 rings (SSSR count). The highest BCUT2D eigenvalue weighted by molar-refractivity contribution is 5.81. The van der Waals surface area contributed by atoms with Crippen LogP contribution in [-0.2, 0) is 22.6 Å². The van der Waals surface area contributed by atoms with Gasteiger partial charge in [0, 0.05) is 65.0 Å². The Morgan fingerprint density at radius 2 is 2.13 bits per heavy atom. The van der Waals surface area contributed by atoms with Gasteiger partial charge in [0.05, 0.1) is 5.92 Å². The highest BCUT2D eigenvalue weighted by atomic mass is 16.2. The van der Waals surface area contributed by atoms with E-state index < -0.39 is 0 Å². The maximum Gasteiger partial charge on any atom is 0.225 e.